The van der Waals surface area contributed by atoms with Gasteiger partial charge in [-0.3, -0.25) is 4.99 Å². The molecule has 0 aromatic carbocycles. The number of rotatable bonds is 5. The highest BCUT2D eigenvalue weighted by atomic mass is 16.5. The monoisotopic (exact) mass is 223 g/mol. The number of anilines is 1. The number of guanidine groups is 1. The Morgan fingerprint density at radius 3 is 2.94 bits per heavy atom. The lowest BCUT2D eigenvalue weighted by molar-refractivity contribution is 0.306. The number of aliphatic imine (C=N–C) groups is 1. The molecule has 6 nitrogen and oxygen atoms in total. The molecule has 0 amide bonds. The molecule has 0 aliphatic rings. The molecule has 0 unspecified atom stereocenters. The van der Waals surface area contributed by atoms with E-state index in [1.165, 1.54) is 0 Å². The number of aromatic nitrogens is 1. The number of hydrogen-bond donors (Lipinski definition) is 3. The molecule has 1 rings (SSSR count). The van der Waals surface area contributed by atoms with Gasteiger partial charge in [0, 0.05) is 19.7 Å². The fourth-order valence-corrected chi connectivity index (χ4v) is 1.00. The van der Waals surface area contributed by atoms with Gasteiger partial charge in [-0.25, -0.2) is 4.98 Å². The molecule has 0 saturated heterocycles. The summed E-state index contributed by atoms with van der Waals surface area (Å²) in [7, 11) is 3.49. The first-order valence-electron chi connectivity index (χ1n) is 4.99. The van der Waals surface area contributed by atoms with Gasteiger partial charge in [-0.05, 0) is 13.1 Å². The molecule has 4 N–H and O–H groups in total. The van der Waals surface area contributed by atoms with Gasteiger partial charge in [-0.2, -0.15) is 0 Å². The molecule has 0 fully saturated rings. The van der Waals surface area contributed by atoms with Gasteiger partial charge < -0.3 is 21.1 Å². The van der Waals surface area contributed by atoms with Crippen LogP contribution in [0.1, 0.15) is 0 Å². The molecule has 0 radical (unpaired) electrons. The minimum atomic E-state index is 0.352. The summed E-state index contributed by atoms with van der Waals surface area (Å²) in [5.74, 6) is 0.943. The number of hydrogen-bond acceptors (Lipinski definition) is 4. The van der Waals surface area contributed by atoms with E-state index in [0.717, 1.165) is 12.2 Å². The van der Waals surface area contributed by atoms with Gasteiger partial charge >= 0.3 is 0 Å². The van der Waals surface area contributed by atoms with E-state index in [2.05, 4.69) is 20.6 Å². The largest absolute Gasteiger partial charge is 0.476 e. The van der Waals surface area contributed by atoms with E-state index in [0.29, 0.717) is 18.4 Å². The second kappa shape index (κ2) is 6.62. The molecule has 16 heavy (non-hydrogen) atoms. The zero-order valence-corrected chi connectivity index (χ0v) is 9.53. The van der Waals surface area contributed by atoms with Crippen molar-refractivity contribution < 1.29 is 4.74 Å². The van der Waals surface area contributed by atoms with Gasteiger partial charge in [0.1, 0.15) is 6.61 Å². The number of nitrogens with two attached hydrogens (primary N) is 1. The van der Waals surface area contributed by atoms with Crippen molar-refractivity contribution in [3.05, 3.63) is 18.3 Å². The third-order valence-corrected chi connectivity index (χ3v) is 1.85. The number of nitrogens with zero attached hydrogens (tertiary/aromatic N) is 2. The first-order chi connectivity index (χ1) is 7.76. The fraction of sp³-hybridized carbons (Fsp3) is 0.400. The second-order valence-electron chi connectivity index (χ2n) is 3.07. The lowest BCUT2D eigenvalue weighted by Crippen LogP contribution is -2.22. The third kappa shape index (κ3) is 4.14. The van der Waals surface area contributed by atoms with E-state index >= 15 is 0 Å². The lowest BCUT2D eigenvalue weighted by atomic mass is 10.4. The van der Waals surface area contributed by atoms with E-state index in [1.807, 2.05) is 13.1 Å². The Morgan fingerprint density at radius 1 is 1.56 bits per heavy atom. The predicted molar refractivity (Wildman–Crippen MR) is 64.8 cm³/mol. The summed E-state index contributed by atoms with van der Waals surface area (Å²) in [5.41, 5.74) is 6.29. The number of likely N-dealkylation sites (N-methyl/N-ethyl adjacent to an activating group) is 1. The number of nitrogens with one attached hydrogen (secondary N) is 2. The predicted octanol–water partition coefficient (Wildman–Crippen LogP) is 0.0362. The summed E-state index contributed by atoms with van der Waals surface area (Å²) < 4.78 is 5.37. The Balaban J connectivity index is 2.47. The summed E-state index contributed by atoms with van der Waals surface area (Å²) in [6, 6.07) is 3.61. The molecule has 1 heterocycles. The van der Waals surface area contributed by atoms with Crippen LogP contribution in [0.3, 0.4) is 0 Å². The maximum atomic E-state index is 5.51. The van der Waals surface area contributed by atoms with E-state index in [9.17, 15) is 0 Å². The van der Waals surface area contributed by atoms with Gasteiger partial charge in [-0.1, -0.05) is 0 Å². The topological polar surface area (TPSA) is 84.6 Å². The average Bonchev–Trinajstić information content (AvgIpc) is 2.31. The fourth-order valence-electron chi connectivity index (χ4n) is 1.00. The Bertz CT molecular complexity index is 336. The summed E-state index contributed by atoms with van der Waals surface area (Å²) in [4.78, 5) is 7.90. The quantitative estimate of drug-likeness (QED) is 0.373. The van der Waals surface area contributed by atoms with E-state index < -0.39 is 0 Å². The van der Waals surface area contributed by atoms with Crippen molar-refractivity contribution in [2.45, 2.75) is 0 Å². The molecule has 0 saturated carbocycles. The van der Waals surface area contributed by atoms with Crippen molar-refractivity contribution in [3.63, 3.8) is 0 Å². The van der Waals surface area contributed by atoms with Crippen LogP contribution in [0, 0.1) is 0 Å². The zero-order chi connectivity index (χ0) is 11.8. The van der Waals surface area contributed by atoms with Crippen LogP contribution in [0.25, 0.3) is 0 Å². The summed E-state index contributed by atoms with van der Waals surface area (Å²) in [5, 5.41) is 5.87. The highest BCUT2D eigenvalue weighted by Crippen LogP contribution is 2.10. The van der Waals surface area contributed by atoms with Gasteiger partial charge in [0.15, 0.2) is 5.96 Å². The van der Waals surface area contributed by atoms with Crippen LogP contribution in [-0.2, 0) is 0 Å². The van der Waals surface area contributed by atoms with E-state index in [1.54, 1.807) is 19.3 Å². The molecule has 0 atom stereocenters. The molecular weight excluding hydrogens is 206 g/mol. The standard InChI is InChI=1S/C10H17N5O/c1-12-5-6-16-9-4-3-8(7-14-9)15-10(11)13-2/h3-4,7,12H,5-6H2,1-2H3,(H3,11,13,15). The van der Waals surface area contributed by atoms with Crippen LogP contribution >= 0.6 is 0 Å². The highest BCUT2D eigenvalue weighted by molar-refractivity contribution is 5.91. The van der Waals surface area contributed by atoms with Gasteiger partial charge in [0.05, 0.1) is 11.9 Å². The molecule has 1 aromatic heterocycles. The molecule has 88 valence electrons. The van der Waals surface area contributed by atoms with E-state index in [4.69, 9.17) is 10.5 Å². The van der Waals surface area contributed by atoms with Crippen LogP contribution in [0.5, 0.6) is 5.88 Å². The molecule has 0 bridgehead atoms. The summed E-state index contributed by atoms with van der Waals surface area (Å²) in [6.07, 6.45) is 1.65. The molecule has 1 aromatic rings. The smallest absolute Gasteiger partial charge is 0.213 e. The minimum Gasteiger partial charge on any atom is -0.476 e. The first-order valence-corrected chi connectivity index (χ1v) is 4.99. The minimum absolute atomic E-state index is 0.352. The maximum Gasteiger partial charge on any atom is 0.213 e. The SMILES string of the molecule is CN=C(N)Nc1ccc(OCCNC)nc1. The van der Waals surface area contributed by atoms with Crippen LogP contribution in [0.15, 0.2) is 23.3 Å². The van der Waals surface area contributed by atoms with Crippen LogP contribution in [0.4, 0.5) is 5.69 Å². The molecule has 0 aliphatic heterocycles. The van der Waals surface area contributed by atoms with Crippen molar-refractivity contribution in [1.29, 1.82) is 0 Å². The van der Waals surface area contributed by atoms with Crippen molar-refractivity contribution >= 4 is 11.6 Å². The van der Waals surface area contributed by atoms with Crippen molar-refractivity contribution in [2.75, 3.05) is 32.6 Å². The molecule has 6 heteroatoms. The Morgan fingerprint density at radius 2 is 2.38 bits per heavy atom. The first kappa shape index (κ1) is 12.3. The average molecular weight is 223 g/mol. The van der Waals surface area contributed by atoms with Crippen molar-refractivity contribution in [3.8, 4) is 5.88 Å². The number of ether oxygens (including phenoxy) is 1. The van der Waals surface area contributed by atoms with Crippen molar-refractivity contribution in [1.82, 2.24) is 10.3 Å². The van der Waals surface area contributed by atoms with Gasteiger partial charge in [0.25, 0.3) is 0 Å². The Labute approximate surface area is 94.9 Å². The second-order valence-corrected chi connectivity index (χ2v) is 3.07. The lowest BCUT2D eigenvalue weighted by Gasteiger charge is -2.06. The van der Waals surface area contributed by atoms with Crippen LogP contribution < -0.4 is 21.1 Å². The Kier molecular flexibility index (Phi) is 5.07. The molecule has 0 aliphatic carbocycles. The maximum absolute atomic E-state index is 5.51. The van der Waals surface area contributed by atoms with Gasteiger partial charge in [0.2, 0.25) is 5.88 Å². The molecule has 0 spiro atoms. The van der Waals surface area contributed by atoms with E-state index in [-0.39, 0.29) is 0 Å². The van der Waals surface area contributed by atoms with Crippen molar-refractivity contribution in [2.24, 2.45) is 10.7 Å². The molecular formula is C10H17N5O. The summed E-state index contributed by atoms with van der Waals surface area (Å²) >= 11 is 0. The zero-order valence-electron chi connectivity index (χ0n) is 9.53. The highest BCUT2D eigenvalue weighted by Gasteiger charge is 1.97. The Hall–Kier alpha value is -1.82. The summed E-state index contributed by atoms with van der Waals surface area (Å²) in [6.45, 7) is 1.38. The van der Waals surface area contributed by atoms with Crippen LogP contribution in [-0.4, -0.2) is 38.2 Å². The number of pyridine rings is 1. The normalized spacial score (nSPS) is 11.2. The van der Waals surface area contributed by atoms with Gasteiger partial charge in [-0.15, -0.1) is 0 Å². The third-order valence-electron chi connectivity index (χ3n) is 1.85. The van der Waals surface area contributed by atoms with Crippen LogP contribution in [0.2, 0.25) is 0 Å².